The van der Waals surface area contributed by atoms with Gasteiger partial charge in [0.25, 0.3) is 11.6 Å². The fraction of sp³-hybridized carbons (Fsp3) is 0. The molecule has 0 unspecified atom stereocenters. The van der Waals surface area contributed by atoms with Crippen LogP contribution in [-0.2, 0) is 0 Å². The van der Waals surface area contributed by atoms with Gasteiger partial charge in [-0.3, -0.25) is 14.9 Å². The third-order valence-corrected chi connectivity index (χ3v) is 2.98. The third kappa shape index (κ3) is 5.05. The van der Waals surface area contributed by atoms with Gasteiger partial charge < -0.3 is 0 Å². The van der Waals surface area contributed by atoms with Gasteiger partial charge in [0.05, 0.1) is 16.2 Å². The van der Waals surface area contributed by atoms with E-state index < -0.39 is 10.8 Å². The van der Waals surface area contributed by atoms with Crippen LogP contribution in [0.2, 0.25) is 0 Å². The second kappa shape index (κ2) is 7.86. The van der Waals surface area contributed by atoms with Crippen LogP contribution in [0.25, 0.3) is 6.08 Å². The SMILES string of the molecule is O=C(NN=CC(Cl)=Cc1ccccc1)c1cccc([N+](=O)[O-])c1. The van der Waals surface area contributed by atoms with Gasteiger partial charge in [0.15, 0.2) is 0 Å². The highest BCUT2D eigenvalue weighted by Crippen LogP contribution is 2.13. The number of benzene rings is 2. The van der Waals surface area contributed by atoms with Crippen LogP contribution in [0.4, 0.5) is 5.69 Å². The fourth-order valence-electron chi connectivity index (χ4n) is 1.72. The van der Waals surface area contributed by atoms with E-state index in [2.05, 4.69) is 10.5 Å². The quantitative estimate of drug-likeness (QED) is 0.516. The summed E-state index contributed by atoms with van der Waals surface area (Å²) in [6, 6.07) is 14.7. The molecule has 0 aliphatic carbocycles. The van der Waals surface area contributed by atoms with Crippen LogP contribution in [0.1, 0.15) is 15.9 Å². The molecule has 116 valence electrons. The highest BCUT2D eigenvalue weighted by Gasteiger charge is 2.10. The first-order chi connectivity index (χ1) is 11.1. The lowest BCUT2D eigenvalue weighted by molar-refractivity contribution is -0.384. The van der Waals surface area contributed by atoms with Gasteiger partial charge in [0.1, 0.15) is 0 Å². The molecular weight excluding hydrogens is 318 g/mol. The lowest BCUT2D eigenvalue weighted by Crippen LogP contribution is -2.17. The van der Waals surface area contributed by atoms with Crippen LogP contribution < -0.4 is 5.43 Å². The topological polar surface area (TPSA) is 84.6 Å². The predicted octanol–water partition coefficient (Wildman–Crippen LogP) is 3.59. The van der Waals surface area contributed by atoms with Gasteiger partial charge in [-0.1, -0.05) is 48.0 Å². The molecule has 0 radical (unpaired) electrons. The lowest BCUT2D eigenvalue weighted by Gasteiger charge is -1.99. The van der Waals surface area contributed by atoms with E-state index in [9.17, 15) is 14.9 Å². The van der Waals surface area contributed by atoms with Crippen molar-refractivity contribution in [3.63, 3.8) is 0 Å². The molecule has 7 heteroatoms. The van der Waals surface area contributed by atoms with Gasteiger partial charge in [0.2, 0.25) is 0 Å². The number of non-ortho nitro benzene ring substituents is 1. The Bertz CT molecular complexity index is 773. The van der Waals surface area contributed by atoms with Crippen molar-refractivity contribution >= 4 is 35.5 Å². The maximum absolute atomic E-state index is 11.8. The van der Waals surface area contributed by atoms with E-state index in [0.717, 1.165) is 5.56 Å². The molecule has 0 aromatic heterocycles. The summed E-state index contributed by atoms with van der Waals surface area (Å²) >= 11 is 5.98. The van der Waals surface area contributed by atoms with Crippen LogP contribution in [0.5, 0.6) is 0 Å². The van der Waals surface area contributed by atoms with E-state index in [0.29, 0.717) is 5.03 Å². The van der Waals surface area contributed by atoms with Crippen molar-refractivity contribution < 1.29 is 9.72 Å². The Morgan fingerprint density at radius 2 is 1.91 bits per heavy atom. The summed E-state index contributed by atoms with van der Waals surface area (Å²) in [5.74, 6) is -0.561. The molecule has 0 fully saturated rings. The summed E-state index contributed by atoms with van der Waals surface area (Å²) < 4.78 is 0. The average molecular weight is 330 g/mol. The number of amides is 1. The number of nitro benzene ring substituents is 1. The van der Waals surface area contributed by atoms with Gasteiger partial charge in [-0.25, -0.2) is 5.43 Å². The van der Waals surface area contributed by atoms with E-state index in [1.165, 1.54) is 30.5 Å². The third-order valence-electron chi connectivity index (χ3n) is 2.78. The smallest absolute Gasteiger partial charge is 0.267 e. The molecule has 0 aliphatic rings. The van der Waals surface area contributed by atoms with E-state index in [1.807, 2.05) is 30.3 Å². The first kappa shape index (κ1) is 16.4. The summed E-state index contributed by atoms with van der Waals surface area (Å²) in [4.78, 5) is 22.0. The van der Waals surface area contributed by atoms with Crippen molar-refractivity contribution in [1.82, 2.24) is 5.43 Å². The van der Waals surface area contributed by atoms with E-state index in [-0.39, 0.29) is 11.3 Å². The molecule has 0 aliphatic heterocycles. The Kier molecular flexibility index (Phi) is 5.60. The Hall–Kier alpha value is -2.99. The number of rotatable bonds is 5. The van der Waals surface area contributed by atoms with E-state index in [1.54, 1.807) is 6.08 Å². The van der Waals surface area contributed by atoms with Crippen LogP contribution in [-0.4, -0.2) is 17.0 Å². The first-order valence-corrected chi connectivity index (χ1v) is 6.94. The lowest BCUT2D eigenvalue weighted by atomic mass is 10.2. The number of hydrogen-bond donors (Lipinski definition) is 1. The largest absolute Gasteiger partial charge is 0.271 e. The second-order valence-electron chi connectivity index (χ2n) is 4.45. The number of nitro groups is 1. The molecule has 0 bridgehead atoms. The molecule has 0 spiro atoms. The summed E-state index contributed by atoms with van der Waals surface area (Å²) in [5.41, 5.74) is 3.14. The Morgan fingerprint density at radius 3 is 2.61 bits per heavy atom. The van der Waals surface area contributed by atoms with Crippen LogP contribution >= 0.6 is 11.6 Å². The van der Waals surface area contributed by atoms with E-state index >= 15 is 0 Å². The average Bonchev–Trinajstić information content (AvgIpc) is 2.55. The van der Waals surface area contributed by atoms with Crippen molar-refractivity contribution in [2.45, 2.75) is 0 Å². The number of allylic oxidation sites excluding steroid dienone is 1. The molecule has 2 rings (SSSR count). The zero-order valence-electron chi connectivity index (χ0n) is 11.8. The van der Waals surface area contributed by atoms with E-state index in [4.69, 9.17) is 11.6 Å². The van der Waals surface area contributed by atoms with Crippen molar-refractivity contribution in [1.29, 1.82) is 0 Å². The zero-order valence-corrected chi connectivity index (χ0v) is 12.6. The summed E-state index contributed by atoms with van der Waals surface area (Å²) in [7, 11) is 0. The minimum Gasteiger partial charge on any atom is -0.267 e. The Morgan fingerprint density at radius 1 is 1.17 bits per heavy atom. The van der Waals surface area contributed by atoms with Crippen LogP contribution in [0.15, 0.2) is 64.7 Å². The minimum atomic E-state index is -0.570. The van der Waals surface area contributed by atoms with Crippen molar-refractivity contribution in [3.05, 3.63) is 80.9 Å². The molecule has 6 nitrogen and oxygen atoms in total. The van der Waals surface area contributed by atoms with Crippen molar-refractivity contribution in [2.24, 2.45) is 5.10 Å². The molecule has 1 N–H and O–H groups in total. The van der Waals surface area contributed by atoms with Crippen molar-refractivity contribution in [2.75, 3.05) is 0 Å². The molecule has 2 aromatic rings. The van der Waals surface area contributed by atoms with Gasteiger partial charge in [-0.15, -0.1) is 0 Å². The highest BCUT2D eigenvalue weighted by atomic mass is 35.5. The normalized spacial score (nSPS) is 11.4. The molecule has 2 aromatic carbocycles. The zero-order chi connectivity index (χ0) is 16.7. The Labute approximate surface area is 137 Å². The number of nitrogens with one attached hydrogen (secondary N) is 1. The van der Waals surface area contributed by atoms with Gasteiger partial charge in [-0.2, -0.15) is 5.10 Å². The van der Waals surface area contributed by atoms with Crippen molar-refractivity contribution in [3.8, 4) is 0 Å². The fourth-order valence-corrected chi connectivity index (χ4v) is 1.90. The predicted molar refractivity (Wildman–Crippen MR) is 89.3 cm³/mol. The maximum Gasteiger partial charge on any atom is 0.271 e. The number of hydrogen-bond acceptors (Lipinski definition) is 4. The number of halogens is 1. The molecule has 0 saturated heterocycles. The van der Waals surface area contributed by atoms with Gasteiger partial charge in [-0.05, 0) is 17.7 Å². The van der Waals surface area contributed by atoms with Gasteiger partial charge >= 0.3 is 0 Å². The molecule has 0 saturated carbocycles. The Balaban J connectivity index is 2.00. The summed E-state index contributed by atoms with van der Waals surface area (Å²) in [5, 5.41) is 14.7. The van der Waals surface area contributed by atoms with Crippen LogP contribution in [0, 0.1) is 10.1 Å². The minimum absolute atomic E-state index is 0.138. The first-order valence-electron chi connectivity index (χ1n) is 6.56. The standard InChI is InChI=1S/C16H12ClN3O3/c17-14(9-12-5-2-1-3-6-12)11-18-19-16(21)13-7-4-8-15(10-13)20(22)23/h1-11H,(H,19,21). The molecule has 23 heavy (non-hydrogen) atoms. The molecule has 0 heterocycles. The summed E-state index contributed by atoms with van der Waals surface area (Å²) in [6.45, 7) is 0. The number of carbonyl (C=O) groups is 1. The number of hydrazone groups is 1. The monoisotopic (exact) mass is 329 g/mol. The molecular formula is C16H12ClN3O3. The number of nitrogens with zero attached hydrogens (tertiary/aromatic N) is 2. The second-order valence-corrected chi connectivity index (χ2v) is 4.88. The van der Waals surface area contributed by atoms with Crippen LogP contribution in [0.3, 0.4) is 0 Å². The molecule has 0 atom stereocenters. The van der Waals surface area contributed by atoms with Gasteiger partial charge in [0, 0.05) is 17.7 Å². The number of carbonyl (C=O) groups excluding carboxylic acids is 1. The highest BCUT2D eigenvalue weighted by molar-refractivity contribution is 6.41. The molecule has 1 amide bonds. The maximum atomic E-state index is 11.8. The summed E-state index contributed by atoms with van der Waals surface area (Å²) in [6.07, 6.45) is 2.97.